The van der Waals surface area contributed by atoms with E-state index in [1.807, 2.05) is 0 Å². The van der Waals surface area contributed by atoms with Gasteiger partial charge in [0.15, 0.2) is 0 Å². The SMILES string of the molecule is COc1nc(NN)nc(Nc2ccc(F)cc2C)n1. The molecular weight excluding hydrogens is 251 g/mol. The molecule has 0 spiro atoms. The average Bonchev–Trinajstić information content (AvgIpc) is 2.41. The molecule has 8 heteroatoms. The van der Waals surface area contributed by atoms with Gasteiger partial charge in [0, 0.05) is 5.69 Å². The van der Waals surface area contributed by atoms with Gasteiger partial charge in [-0.05, 0) is 30.7 Å². The second kappa shape index (κ2) is 5.44. The molecule has 0 unspecified atom stereocenters. The van der Waals surface area contributed by atoms with E-state index in [-0.39, 0.29) is 23.7 Å². The van der Waals surface area contributed by atoms with E-state index in [0.29, 0.717) is 5.69 Å². The maximum Gasteiger partial charge on any atom is 0.322 e. The van der Waals surface area contributed by atoms with Crippen LogP contribution in [0.2, 0.25) is 0 Å². The number of nitrogens with zero attached hydrogens (tertiary/aromatic N) is 3. The molecule has 0 amide bonds. The van der Waals surface area contributed by atoms with Crippen LogP contribution in [0.15, 0.2) is 18.2 Å². The largest absolute Gasteiger partial charge is 0.467 e. The Bertz CT molecular complexity index is 569. The Balaban J connectivity index is 2.31. The van der Waals surface area contributed by atoms with Crippen LogP contribution in [0.5, 0.6) is 6.01 Å². The molecule has 0 saturated carbocycles. The summed E-state index contributed by atoms with van der Waals surface area (Å²) in [7, 11) is 1.43. The van der Waals surface area contributed by atoms with Crippen LogP contribution in [-0.2, 0) is 0 Å². The fourth-order valence-corrected chi connectivity index (χ4v) is 1.46. The number of hydrazine groups is 1. The molecule has 2 rings (SSSR count). The fourth-order valence-electron chi connectivity index (χ4n) is 1.46. The first-order valence-electron chi connectivity index (χ1n) is 5.42. The summed E-state index contributed by atoms with van der Waals surface area (Å²) in [5, 5.41) is 2.94. The lowest BCUT2D eigenvalue weighted by Crippen LogP contribution is -2.13. The molecular formula is C11H13FN6O. The molecule has 1 aromatic carbocycles. The highest BCUT2D eigenvalue weighted by Gasteiger charge is 2.07. The van der Waals surface area contributed by atoms with Crippen LogP contribution >= 0.6 is 0 Å². The van der Waals surface area contributed by atoms with Crippen LogP contribution in [-0.4, -0.2) is 22.1 Å². The summed E-state index contributed by atoms with van der Waals surface area (Å²) in [5.74, 6) is 5.35. The van der Waals surface area contributed by atoms with E-state index in [9.17, 15) is 4.39 Å². The van der Waals surface area contributed by atoms with Gasteiger partial charge in [0.1, 0.15) is 5.82 Å². The summed E-state index contributed by atoms with van der Waals surface area (Å²) in [5.41, 5.74) is 3.71. The van der Waals surface area contributed by atoms with E-state index >= 15 is 0 Å². The number of hydrogen-bond acceptors (Lipinski definition) is 7. The molecule has 0 aliphatic carbocycles. The van der Waals surface area contributed by atoms with Crippen molar-refractivity contribution in [2.45, 2.75) is 6.92 Å². The van der Waals surface area contributed by atoms with Gasteiger partial charge >= 0.3 is 6.01 Å². The molecule has 0 bridgehead atoms. The number of aryl methyl sites for hydroxylation is 1. The zero-order valence-electron chi connectivity index (χ0n) is 10.4. The predicted octanol–water partition coefficient (Wildman–Crippen LogP) is 1.36. The number of halogens is 1. The standard InChI is InChI=1S/C11H13FN6O/c1-6-5-7(12)3-4-8(6)14-9-15-10(18-13)17-11(16-9)19-2/h3-5H,13H2,1-2H3,(H2,14,15,16,17,18). The van der Waals surface area contributed by atoms with Gasteiger partial charge in [-0.15, -0.1) is 0 Å². The van der Waals surface area contributed by atoms with Gasteiger partial charge < -0.3 is 10.1 Å². The van der Waals surface area contributed by atoms with Gasteiger partial charge in [0.05, 0.1) is 7.11 Å². The van der Waals surface area contributed by atoms with Gasteiger partial charge in [0.25, 0.3) is 0 Å². The predicted molar refractivity (Wildman–Crippen MR) is 68.6 cm³/mol. The first kappa shape index (κ1) is 13.0. The van der Waals surface area contributed by atoms with E-state index in [0.717, 1.165) is 5.56 Å². The first-order chi connectivity index (χ1) is 9.12. The molecule has 0 aliphatic rings. The summed E-state index contributed by atoms with van der Waals surface area (Å²) in [6, 6.07) is 4.46. The second-order valence-electron chi connectivity index (χ2n) is 3.70. The molecule has 7 nitrogen and oxygen atoms in total. The summed E-state index contributed by atoms with van der Waals surface area (Å²) >= 11 is 0. The highest BCUT2D eigenvalue weighted by Crippen LogP contribution is 2.20. The van der Waals surface area contributed by atoms with Crippen molar-refractivity contribution in [1.82, 2.24) is 15.0 Å². The summed E-state index contributed by atoms with van der Waals surface area (Å²) in [6.07, 6.45) is 0. The Morgan fingerprint density at radius 3 is 2.58 bits per heavy atom. The number of anilines is 3. The van der Waals surface area contributed by atoms with Crippen LogP contribution < -0.4 is 21.3 Å². The molecule has 4 N–H and O–H groups in total. The Hall–Kier alpha value is -2.48. The van der Waals surface area contributed by atoms with Crippen molar-refractivity contribution in [1.29, 1.82) is 0 Å². The number of ether oxygens (including phenoxy) is 1. The minimum Gasteiger partial charge on any atom is -0.467 e. The molecule has 2 aromatic rings. The smallest absolute Gasteiger partial charge is 0.322 e. The molecule has 1 heterocycles. The number of benzene rings is 1. The van der Waals surface area contributed by atoms with Crippen molar-refractivity contribution >= 4 is 17.6 Å². The van der Waals surface area contributed by atoms with E-state index in [1.165, 1.54) is 19.2 Å². The van der Waals surface area contributed by atoms with Crippen LogP contribution in [0.1, 0.15) is 5.56 Å². The molecule has 0 saturated heterocycles. The quantitative estimate of drug-likeness (QED) is 0.566. The van der Waals surface area contributed by atoms with Crippen molar-refractivity contribution in [3.63, 3.8) is 0 Å². The zero-order valence-corrected chi connectivity index (χ0v) is 10.4. The lowest BCUT2D eigenvalue weighted by Gasteiger charge is -2.09. The summed E-state index contributed by atoms with van der Waals surface area (Å²) in [4.78, 5) is 11.9. The van der Waals surface area contributed by atoms with Crippen molar-refractivity contribution in [3.05, 3.63) is 29.6 Å². The van der Waals surface area contributed by atoms with Gasteiger partial charge in [-0.3, -0.25) is 5.43 Å². The van der Waals surface area contributed by atoms with Crippen LogP contribution in [0, 0.1) is 12.7 Å². The normalized spacial score (nSPS) is 10.1. The third kappa shape index (κ3) is 3.05. The Morgan fingerprint density at radius 2 is 1.95 bits per heavy atom. The van der Waals surface area contributed by atoms with Gasteiger partial charge in [-0.2, -0.15) is 15.0 Å². The lowest BCUT2D eigenvalue weighted by molar-refractivity contribution is 0.379. The molecule has 0 aliphatic heterocycles. The van der Waals surface area contributed by atoms with E-state index < -0.39 is 0 Å². The van der Waals surface area contributed by atoms with E-state index in [2.05, 4.69) is 25.7 Å². The minimum atomic E-state index is -0.305. The number of hydrogen-bond donors (Lipinski definition) is 3. The Morgan fingerprint density at radius 1 is 1.21 bits per heavy atom. The number of nitrogens with one attached hydrogen (secondary N) is 2. The van der Waals surface area contributed by atoms with Crippen LogP contribution in [0.3, 0.4) is 0 Å². The Kier molecular flexibility index (Phi) is 3.71. The van der Waals surface area contributed by atoms with Gasteiger partial charge in [-0.1, -0.05) is 0 Å². The molecule has 0 radical (unpaired) electrons. The van der Waals surface area contributed by atoms with Crippen LogP contribution in [0.4, 0.5) is 22.0 Å². The number of aromatic nitrogens is 3. The molecule has 19 heavy (non-hydrogen) atoms. The molecule has 0 fully saturated rings. The van der Waals surface area contributed by atoms with Crippen molar-refractivity contribution in [2.75, 3.05) is 17.9 Å². The molecule has 1 aromatic heterocycles. The number of nitrogens with two attached hydrogens (primary N) is 1. The number of rotatable bonds is 4. The van der Waals surface area contributed by atoms with E-state index in [4.69, 9.17) is 10.6 Å². The fraction of sp³-hybridized carbons (Fsp3) is 0.182. The summed E-state index contributed by atoms with van der Waals surface area (Å²) in [6.45, 7) is 1.77. The first-order valence-corrected chi connectivity index (χ1v) is 5.42. The monoisotopic (exact) mass is 264 g/mol. The highest BCUT2D eigenvalue weighted by molar-refractivity contribution is 5.58. The topological polar surface area (TPSA) is 98.0 Å². The third-order valence-corrected chi connectivity index (χ3v) is 2.36. The second-order valence-corrected chi connectivity index (χ2v) is 3.70. The molecule has 100 valence electrons. The van der Waals surface area contributed by atoms with Crippen molar-refractivity contribution in [3.8, 4) is 6.01 Å². The maximum atomic E-state index is 13.0. The lowest BCUT2D eigenvalue weighted by atomic mass is 10.2. The Labute approximate surface area is 109 Å². The molecule has 0 atom stereocenters. The zero-order chi connectivity index (χ0) is 13.8. The average molecular weight is 264 g/mol. The summed E-state index contributed by atoms with van der Waals surface area (Å²) < 4.78 is 17.9. The third-order valence-electron chi connectivity index (χ3n) is 2.36. The van der Waals surface area contributed by atoms with Crippen molar-refractivity contribution in [2.24, 2.45) is 5.84 Å². The maximum absolute atomic E-state index is 13.0. The van der Waals surface area contributed by atoms with Gasteiger partial charge in [-0.25, -0.2) is 10.2 Å². The minimum absolute atomic E-state index is 0.116. The van der Waals surface area contributed by atoms with Crippen LogP contribution in [0.25, 0.3) is 0 Å². The van der Waals surface area contributed by atoms with Gasteiger partial charge in [0.2, 0.25) is 11.9 Å². The number of nitrogen functional groups attached to an aromatic ring is 1. The number of methoxy groups -OCH3 is 1. The van der Waals surface area contributed by atoms with E-state index in [1.54, 1.807) is 13.0 Å². The van der Waals surface area contributed by atoms with Crippen molar-refractivity contribution < 1.29 is 9.13 Å². The highest BCUT2D eigenvalue weighted by atomic mass is 19.1.